The second-order valence-corrected chi connectivity index (χ2v) is 5.49. The average molecular weight is 301 g/mol. The Labute approximate surface area is 125 Å². The van der Waals surface area contributed by atoms with Crippen molar-refractivity contribution in [1.82, 2.24) is 5.32 Å². The van der Waals surface area contributed by atoms with Gasteiger partial charge in [0.2, 0.25) is 0 Å². The van der Waals surface area contributed by atoms with Crippen LogP contribution in [0.2, 0.25) is 0 Å². The van der Waals surface area contributed by atoms with E-state index < -0.39 is 5.82 Å². The molecule has 0 bridgehead atoms. The number of carbonyl (C=O) groups is 1. The molecular formula is C15H22ClFN2O. The molecule has 1 amide bonds. The van der Waals surface area contributed by atoms with Gasteiger partial charge in [-0.3, -0.25) is 4.79 Å². The summed E-state index contributed by atoms with van der Waals surface area (Å²) in [4.78, 5) is 11.9. The maximum Gasteiger partial charge on any atom is 0.254 e. The lowest BCUT2D eigenvalue weighted by atomic mass is 9.86. The Balaban J connectivity index is 0.00000200. The van der Waals surface area contributed by atoms with Gasteiger partial charge >= 0.3 is 0 Å². The molecule has 1 aromatic carbocycles. The summed E-state index contributed by atoms with van der Waals surface area (Å²) in [5.41, 5.74) is 6.84. The molecule has 20 heavy (non-hydrogen) atoms. The smallest absolute Gasteiger partial charge is 0.254 e. The number of nitrogens with two attached hydrogens (primary N) is 1. The maximum absolute atomic E-state index is 13.6. The Morgan fingerprint density at radius 2 is 2.20 bits per heavy atom. The van der Waals surface area contributed by atoms with Gasteiger partial charge in [0, 0.05) is 12.6 Å². The molecule has 2 unspecified atom stereocenters. The lowest BCUT2D eigenvalue weighted by molar-refractivity contribution is 0.0938. The van der Waals surface area contributed by atoms with Crippen molar-refractivity contribution in [2.45, 2.75) is 38.6 Å². The lowest BCUT2D eigenvalue weighted by Crippen LogP contribution is -2.35. The summed E-state index contributed by atoms with van der Waals surface area (Å²) < 4.78 is 13.6. The van der Waals surface area contributed by atoms with E-state index in [1.807, 2.05) is 0 Å². The molecule has 1 fully saturated rings. The van der Waals surface area contributed by atoms with Gasteiger partial charge in [-0.05, 0) is 49.8 Å². The van der Waals surface area contributed by atoms with Crippen molar-refractivity contribution in [2.24, 2.45) is 11.7 Å². The maximum atomic E-state index is 13.6. The van der Waals surface area contributed by atoms with Crippen LogP contribution in [-0.4, -0.2) is 18.5 Å². The fraction of sp³-hybridized carbons (Fsp3) is 0.533. The van der Waals surface area contributed by atoms with Gasteiger partial charge in [0.15, 0.2) is 0 Å². The topological polar surface area (TPSA) is 55.1 Å². The zero-order valence-electron chi connectivity index (χ0n) is 11.7. The molecule has 1 aromatic rings. The first kappa shape index (κ1) is 16.9. The van der Waals surface area contributed by atoms with Crippen molar-refractivity contribution in [2.75, 3.05) is 6.54 Å². The van der Waals surface area contributed by atoms with Gasteiger partial charge in [-0.15, -0.1) is 12.4 Å². The summed E-state index contributed by atoms with van der Waals surface area (Å²) in [6.45, 7) is 2.38. The third-order valence-corrected chi connectivity index (χ3v) is 3.74. The Bertz CT molecular complexity index is 467. The predicted molar refractivity (Wildman–Crippen MR) is 80.7 cm³/mol. The highest BCUT2D eigenvalue weighted by Crippen LogP contribution is 2.22. The quantitative estimate of drug-likeness (QED) is 0.902. The van der Waals surface area contributed by atoms with E-state index >= 15 is 0 Å². The number of nitrogens with one attached hydrogen (secondary N) is 1. The standard InChI is InChI=1S/C15H21FN2O.ClH/c1-10-5-6-13(14(16)7-10)15(19)18-9-11-3-2-4-12(17)8-11;/h5-7,11-12H,2-4,8-9,17H2,1H3,(H,18,19);1H. The normalized spacial score (nSPS) is 21.9. The molecule has 0 aromatic heterocycles. The van der Waals surface area contributed by atoms with E-state index in [9.17, 15) is 9.18 Å². The largest absolute Gasteiger partial charge is 0.352 e. The highest BCUT2D eigenvalue weighted by molar-refractivity contribution is 5.94. The minimum Gasteiger partial charge on any atom is -0.352 e. The number of benzene rings is 1. The number of carbonyl (C=O) groups excluding carboxylic acids is 1. The monoisotopic (exact) mass is 300 g/mol. The van der Waals surface area contributed by atoms with Gasteiger partial charge in [0.1, 0.15) is 5.82 Å². The minimum absolute atomic E-state index is 0. The molecule has 3 N–H and O–H groups in total. The van der Waals surface area contributed by atoms with Crippen molar-refractivity contribution in [3.05, 3.63) is 35.1 Å². The molecule has 1 saturated carbocycles. The summed E-state index contributed by atoms with van der Waals surface area (Å²) in [5, 5.41) is 2.82. The minimum atomic E-state index is -0.460. The van der Waals surface area contributed by atoms with Crippen LogP contribution >= 0.6 is 12.4 Å². The van der Waals surface area contributed by atoms with E-state index in [1.54, 1.807) is 13.0 Å². The van der Waals surface area contributed by atoms with Crippen LogP contribution in [0.25, 0.3) is 0 Å². The molecule has 0 heterocycles. The predicted octanol–water partition coefficient (Wildman–Crippen LogP) is 2.80. The SMILES string of the molecule is Cc1ccc(C(=O)NCC2CCCC(N)C2)c(F)c1.Cl. The highest BCUT2D eigenvalue weighted by Gasteiger charge is 2.20. The Morgan fingerprint density at radius 1 is 1.45 bits per heavy atom. The van der Waals surface area contributed by atoms with Crippen LogP contribution in [0.5, 0.6) is 0 Å². The van der Waals surface area contributed by atoms with Gasteiger partial charge in [-0.1, -0.05) is 12.5 Å². The van der Waals surface area contributed by atoms with Gasteiger partial charge in [-0.25, -0.2) is 4.39 Å². The Morgan fingerprint density at radius 3 is 2.85 bits per heavy atom. The molecule has 2 atom stereocenters. The zero-order valence-corrected chi connectivity index (χ0v) is 12.5. The highest BCUT2D eigenvalue weighted by atomic mass is 35.5. The van der Waals surface area contributed by atoms with Gasteiger partial charge in [0.25, 0.3) is 5.91 Å². The van der Waals surface area contributed by atoms with E-state index in [0.29, 0.717) is 12.5 Å². The number of amides is 1. The number of hydrogen-bond donors (Lipinski definition) is 2. The van der Waals surface area contributed by atoms with Crippen molar-refractivity contribution in [1.29, 1.82) is 0 Å². The van der Waals surface area contributed by atoms with E-state index in [4.69, 9.17) is 5.73 Å². The first-order chi connectivity index (χ1) is 9.06. The second-order valence-electron chi connectivity index (χ2n) is 5.49. The Hall–Kier alpha value is -1.13. The van der Waals surface area contributed by atoms with Crippen LogP contribution in [0.1, 0.15) is 41.6 Å². The molecule has 112 valence electrons. The van der Waals surface area contributed by atoms with Crippen LogP contribution < -0.4 is 11.1 Å². The molecule has 0 aliphatic heterocycles. The van der Waals surface area contributed by atoms with Gasteiger partial charge in [-0.2, -0.15) is 0 Å². The molecule has 2 rings (SSSR count). The first-order valence-corrected chi connectivity index (χ1v) is 6.86. The summed E-state index contributed by atoms with van der Waals surface area (Å²) in [6.07, 6.45) is 4.21. The average Bonchev–Trinajstić information content (AvgIpc) is 2.36. The van der Waals surface area contributed by atoms with E-state index in [1.165, 1.54) is 12.1 Å². The van der Waals surface area contributed by atoms with Crippen molar-refractivity contribution in [3.8, 4) is 0 Å². The van der Waals surface area contributed by atoms with Crippen molar-refractivity contribution < 1.29 is 9.18 Å². The number of halogens is 2. The van der Waals surface area contributed by atoms with E-state index in [0.717, 1.165) is 31.2 Å². The third-order valence-electron chi connectivity index (χ3n) is 3.74. The van der Waals surface area contributed by atoms with Crippen LogP contribution in [-0.2, 0) is 0 Å². The number of hydrogen-bond acceptors (Lipinski definition) is 2. The Kier molecular flexibility index (Phi) is 6.43. The van der Waals surface area contributed by atoms with Crippen molar-refractivity contribution >= 4 is 18.3 Å². The fourth-order valence-corrected chi connectivity index (χ4v) is 2.65. The first-order valence-electron chi connectivity index (χ1n) is 6.86. The van der Waals surface area contributed by atoms with Crippen LogP contribution in [0.3, 0.4) is 0 Å². The molecule has 5 heteroatoms. The molecule has 3 nitrogen and oxygen atoms in total. The van der Waals surface area contributed by atoms with E-state index in [2.05, 4.69) is 5.32 Å². The fourth-order valence-electron chi connectivity index (χ4n) is 2.65. The van der Waals surface area contributed by atoms with Gasteiger partial charge in [0.05, 0.1) is 5.56 Å². The van der Waals surface area contributed by atoms with E-state index in [-0.39, 0.29) is 29.9 Å². The van der Waals surface area contributed by atoms with Crippen molar-refractivity contribution in [3.63, 3.8) is 0 Å². The number of aryl methyl sites for hydroxylation is 1. The summed E-state index contributed by atoms with van der Waals surface area (Å²) in [6, 6.07) is 4.90. The molecule has 1 aliphatic carbocycles. The molecule has 0 spiro atoms. The van der Waals surface area contributed by atoms with Gasteiger partial charge < -0.3 is 11.1 Å². The molecule has 0 saturated heterocycles. The number of rotatable bonds is 3. The molecular weight excluding hydrogens is 279 g/mol. The summed E-state index contributed by atoms with van der Waals surface area (Å²) in [7, 11) is 0. The molecule has 1 aliphatic rings. The zero-order chi connectivity index (χ0) is 13.8. The lowest BCUT2D eigenvalue weighted by Gasteiger charge is -2.26. The van der Waals surface area contributed by atoms with Crippen LogP contribution in [0.15, 0.2) is 18.2 Å². The van der Waals surface area contributed by atoms with Crippen LogP contribution in [0, 0.1) is 18.7 Å². The summed E-state index contributed by atoms with van der Waals surface area (Å²) in [5.74, 6) is -0.379. The third kappa shape index (κ3) is 4.46. The second kappa shape index (κ2) is 7.60. The molecule has 0 radical (unpaired) electrons. The van der Waals surface area contributed by atoms with Crippen LogP contribution in [0.4, 0.5) is 4.39 Å². The summed E-state index contributed by atoms with van der Waals surface area (Å²) >= 11 is 0.